The molecule has 0 bridgehead atoms. The molecule has 2 aliphatic heterocycles. The third-order valence-electron chi connectivity index (χ3n) is 4.47. The minimum atomic E-state index is 0.226. The lowest BCUT2D eigenvalue weighted by Crippen LogP contribution is -2.62. The van der Waals surface area contributed by atoms with Crippen LogP contribution in [0.25, 0.3) is 0 Å². The number of likely N-dealkylation sites (tertiary alicyclic amines) is 1. The lowest BCUT2D eigenvalue weighted by Gasteiger charge is -2.47. The monoisotopic (exact) mass is 287 g/mol. The van der Waals surface area contributed by atoms with Gasteiger partial charge in [-0.3, -0.25) is 4.90 Å². The summed E-state index contributed by atoms with van der Waals surface area (Å²) in [5.41, 5.74) is 6.16. The number of nitrogens with one attached hydrogen (secondary N) is 1. The molecule has 2 aliphatic rings. The molecular formula is C14H29N3OS. The molecule has 2 rings (SSSR count). The maximum atomic E-state index is 6.16. The highest BCUT2D eigenvalue weighted by Crippen LogP contribution is 2.24. The van der Waals surface area contributed by atoms with Gasteiger partial charge in [-0.15, -0.1) is 0 Å². The Labute approximate surface area is 122 Å². The van der Waals surface area contributed by atoms with Crippen molar-refractivity contribution in [2.24, 2.45) is 5.73 Å². The van der Waals surface area contributed by atoms with Crippen LogP contribution in [0.3, 0.4) is 0 Å². The Bertz CT molecular complexity index is 280. The molecule has 2 heterocycles. The minimum Gasteiger partial charge on any atom is -0.374 e. The zero-order valence-electron chi connectivity index (χ0n) is 12.4. The molecule has 0 aromatic carbocycles. The molecule has 0 amide bonds. The molecule has 2 saturated heterocycles. The van der Waals surface area contributed by atoms with Crippen molar-refractivity contribution in [3.8, 4) is 0 Å². The number of piperidine rings is 1. The van der Waals surface area contributed by atoms with Gasteiger partial charge in [-0.1, -0.05) is 6.92 Å². The van der Waals surface area contributed by atoms with Crippen molar-refractivity contribution in [1.29, 1.82) is 0 Å². The van der Waals surface area contributed by atoms with Crippen molar-refractivity contribution < 1.29 is 4.74 Å². The van der Waals surface area contributed by atoms with E-state index in [0.29, 0.717) is 24.2 Å². The van der Waals surface area contributed by atoms with E-state index in [1.54, 1.807) is 0 Å². The Morgan fingerprint density at radius 2 is 2.11 bits per heavy atom. The number of nitrogens with zero attached hydrogens (tertiary/aromatic N) is 1. The number of rotatable bonds is 3. The molecule has 0 saturated carbocycles. The number of thiol groups is 1. The first-order valence-corrected chi connectivity index (χ1v) is 8.05. The zero-order chi connectivity index (χ0) is 14.0. The summed E-state index contributed by atoms with van der Waals surface area (Å²) < 4.78 is 5.96. The van der Waals surface area contributed by atoms with Gasteiger partial charge in [-0.2, -0.15) is 12.6 Å². The number of hydrogen-bond acceptors (Lipinski definition) is 5. The molecule has 4 nitrogen and oxygen atoms in total. The normalized spacial score (nSPS) is 39.5. The summed E-state index contributed by atoms with van der Waals surface area (Å²) in [6, 6.07) is 1.81. The number of ether oxygens (including phenoxy) is 1. The van der Waals surface area contributed by atoms with Gasteiger partial charge in [-0.25, -0.2) is 0 Å². The van der Waals surface area contributed by atoms with Crippen molar-refractivity contribution in [1.82, 2.24) is 10.2 Å². The van der Waals surface area contributed by atoms with Crippen LogP contribution in [0.1, 0.15) is 33.6 Å². The summed E-state index contributed by atoms with van der Waals surface area (Å²) in [5.74, 6) is 0. The lowest BCUT2D eigenvalue weighted by molar-refractivity contribution is -0.0320. The highest BCUT2D eigenvalue weighted by molar-refractivity contribution is 7.81. The average Bonchev–Trinajstić information content (AvgIpc) is 2.38. The molecule has 0 aliphatic carbocycles. The smallest absolute Gasteiger partial charge is 0.0813 e. The van der Waals surface area contributed by atoms with Gasteiger partial charge in [0.05, 0.1) is 12.7 Å². The molecule has 0 aromatic heterocycles. The largest absolute Gasteiger partial charge is 0.374 e. The SMILES string of the molecule is CC(S)C1CNC(C2CC(N)CCN2C(C)C)CO1. The van der Waals surface area contributed by atoms with E-state index in [0.717, 1.165) is 32.5 Å². The summed E-state index contributed by atoms with van der Waals surface area (Å²) in [4.78, 5) is 2.58. The molecule has 0 radical (unpaired) electrons. The van der Waals surface area contributed by atoms with Gasteiger partial charge >= 0.3 is 0 Å². The van der Waals surface area contributed by atoms with Crippen LogP contribution < -0.4 is 11.1 Å². The predicted molar refractivity (Wildman–Crippen MR) is 82.8 cm³/mol. The van der Waals surface area contributed by atoms with Crippen LogP contribution in [-0.2, 0) is 4.74 Å². The predicted octanol–water partition coefficient (Wildman–Crippen LogP) is 0.862. The van der Waals surface area contributed by atoms with Crippen molar-refractivity contribution in [2.75, 3.05) is 19.7 Å². The van der Waals surface area contributed by atoms with Gasteiger partial charge in [-0.05, 0) is 26.7 Å². The Hall–Kier alpha value is 0.190. The van der Waals surface area contributed by atoms with E-state index < -0.39 is 0 Å². The highest BCUT2D eigenvalue weighted by atomic mass is 32.1. The first kappa shape index (κ1) is 15.6. The Morgan fingerprint density at radius 3 is 2.63 bits per heavy atom. The summed E-state index contributed by atoms with van der Waals surface area (Å²) in [5, 5.41) is 3.94. The summed E-state index contributed by atoms with van der Waals surface area (Å²) in [6.07, 6.45) is 2.41. The third kappa shape index (κ3) is 3.85. The quantitative estimate of drug-likeness (QED) is 0.674. The van der Waals surface area contributed by atoms with E-state index in [1.807, 2.05) is 0 Å². The molecular weight excluding hydrogens is 258 g/mol. The zero-order valence-corrected chi connectivity index (χ0v) is 13.3. The van der Waals surface area contributed by atoms with Crippen LogP contribution in [0.4, 0.5) is 0 Å². The molecule has 19 heavy (non-hydrogen) atoms. The van der Waals surface area contributed by atoms with Crippen LogP contribution in [0.15, 0.2) is 0 Å². The summed E-state index contributed by atoms with van der Waals surface area (Å²) >= 11 is 4.47. The fourth-order valence-corrected chi connectivity index (χ4v) is 3.44. The minimum absolute atomic E-state index is 0.226. The van der Waals surface area contributed by atoms with Crippen LogP contribution in [0.2, 0.25) is 0 Å². The Kier molecular flexibility index (Phi) is 5.55. The van der Waals surface area contributed by atoms with Gasteiger partial charge in [0.2, 0.25) is 0 Å². The van der Waals surface area contributed by atoms with Gasteiger partial charge in [0, 0.05) is 42.5 Å². The van der Waals surface area contributed by atoms with Crippen molar-refractivity contribution >= 4 is 12.6 Å². The van der Waals surface area contributed by atoms with Crippen LogP contribution in [0, 0.1) is 0 Å². The maximum Gasteiger partial charge on any atom is 0.0813 e. The van der Waals surface area contributed by atoms with Gasteiger partial charge in [0.1, 0.15) is 0 Å². The third-order valence-corrected chi connectivity index (χ3v) is 4.80. The molecule has 2 fully saturated rings. The van der Waals surface area contributed by atoms with Crippen LogP contribution >= 0.6 is 12.6 Å². The average molecular weight is 287 g/mol. The Balaban J connectivity index is 1.95. The van der Waals surface area contributed by atoms with E-state index in [4.69, 9.17) is 10.5 Å². The van der Waals surface area contributed by atoms with E-state index in [9.17, 15) is 0 Å². The fourth-order valence-electron chi connectivity index (χ4n) is 3.25. The van der Waals surface area contributed by atoms with Crippen LogP contribution in [-0.4, -0.2) is 60.1 Å². The topological polar surface area (TPSA) is 50.5 Å². The number of hydrogen-bond donors (Lipinski definition) is 3. The first-order valence-electron chi connectivity index (χ1n) is 7.53. The van der Waals surface area contributed by atoms with Gasteiger partial charge in [0.15, 0.2) is 0 Å². The summed E-state index contributed by atoms with van der Waals surface area (Å²) in [6.45, 7) is 9.41. The standard InChI is InChI=1S/C14H29N3OS/c1-9(2)17-5-4-11(15)6-13(17)12-8-18-14(7-16-12)10(3)19/h9-14,16,19H,4-8,15H2,1-3H3. The van der Waals surface area contributed by atoms with Crippen LogP contribution in [0.5, 0.6) is 0 Å². The second kappa shape index (κ2) is 6.76. The van der Waals surface area contributed by atoms with Gasteiger partial charge in [0.25, 0.3) is 0 Å². The van der Waals surface area contributed by atoms with Crippen molar-refractivity contribution in [3.05, 3.63) is 0 Å². The molecule has 3 N–H and O–H groups in total. The molecule has 0 spiro atoms. The van der Waals surface area contributed by atoms with Crippen molar-refractivity contribution in [3.63, 3.8) is 0 Å². The van der Waals surface area contributed by atoms with E-state index >= 15 is 0 Å². The fraction of sp³-hybridized carbons (Fsp3) is 1.00. The maximum absolute atomic E-state index is 6.16. The molecule has 112 valence electrons. The van der Waals surface area contributed by atoms with E-state index in [-0.39, 0.29) is 11.4 Å². The highest BCUT2D eigenvalue weighted by Gasteiger charge is 2.36. The van der Waals surface area contributed by atoms with E-state index in [1.165, 1.54) is 0 Å². The molecule has 5 atom stereocenters. The number of nitrogens with two attached hydrogens (primary N) is 1. The second-order valence-corrected chi connectivity index (χ2v) is 7.13. The van der Waals surface area contributed by atoms with E-state index in [2.05, 4.69) is 43.6 Å². The molecule has 5 unspecified atom stereocenters. The number of morpholine rings is 1. The molecule has 5 heteroatoms. The molecule has 0 aromatic rings. The lowest BCUT2D eigenvalue weighted by atomic mass is 9.90. The second-order valence-electron chi connectivity index (χ2n) is 6.31. The van der Waals surface area contributed by atoms with Crippen molar-refractivity contribution in [2.45, 2.75) is 69.1 Å². The van der Waals surface area contributed by atoms with Gasteiger partial charge < -0.3 is 15.8 Å². The first-order chi connectivity index (χ1) is 8.99. The summed E-state index contributed by atoms with van der Waals surface area (Å²) in [7, 11) is 0. The Morgan fingerprint density at radius 1 is 1.37 bits per heavy atom.